The smallest absolute Gasteiger partial charge is 0.314 e. The van der Waals surface area contributed by atoms with Gasteiger partial charge in [-0.3, -0.25) is 19.5 Å². The lowest BCUT2D eigenvalue weighted by atomic mass is 10.2. The van der Waals surface area contributed by atoms with Crippen LogP contribution in [-0.2, 0) is 4.79 Å². The number of aromatic nitrogens is 1. The summed E-state index contributed by atoms with van der Waals surface area (Å²) in [5.41, 5.74) is 1.89. The molecule has 0 atom stereocenters. The molecule has 3 rings (SSSR count). The van der Waals surface area contributed by atoms with Crippen LogP contribution >= 0.6 is 11.8 Å². The molecule has 0 aliphatic carbocycles. The number of rotatable bonds is 8. The van der Waals surface area contributed by atoms with Crippen LogP contribution in [-0.4, -0.2) is 53.3 Å². The van der Waals surface area contributed by atoms with Gasteiger partial charge in [0.25, 0.3) is 11.1 Å². The monoisotopic (exact) mass is 426 g/mol. The fraction of sp³-hybridized carbons (Fsp3) is 0.238. The van der Waals surface area contributed by atoms with Gasteiger partial charge in [-0.15, -0.1) is 0 Å². The summed E-state index contributed by atoms with van der Waals surface area (Å²) in [5, 5.41) is 4.94. The van der Waals surface area contributed by atoms with E-state index in [4.69, 9.17) is 4.74 Å². The maximum absolute atomic E-state index is 12.4. The Labute approximate surface area is 178 Å². The van der Waals surface area contributed by atoms with Gasteiger partial charge in [-0.2, -0.15) is 0 Å². The van der Waals surface area contributed by atoms with Crippen molar-refractivity contribution in [3.8, 4) is 5.75 Å². The van der Waals surface area contributed by atoms with Crippen LogP contribution in [0.15, 0.2) is 53.7 Å². The van der Waals surface area contributed by atoms with Gasteiger partial charge in [-0.05, 0) is 48.5 Å². The Bertz CT molecular complexity index is 932. The van der Waals surface area contributed by atoms with Crippen LogP contribution in [0.5, 0.6) is 5.75 Å². The van der Waals surface area contributed by atoms with E-state index in [-0.39, 0.29) is 30.3 Å². The maximum Gasteiger partial charge on any atom is 0.314 e. The second-order valence-electron chi connectivity index (χ2n) is 6.46. The molecule has 156 valence electrons. The van der Waals surface area contributed by atoms with E-state index in [1.165, 1.54) is 0 Å². The number of benzene rings is 1. The lowest BCUT2D eigenvalue weighted by Gasteiger charge is -2.13. The van der Waals surface area contributed by atoms with Crippen molar-refractivity contribution in [2.24, 2.45) is 0 Å². The predicted octanol–water partition coefficient (Wildman–Crippen LogP) is 2.80. The van der Waals surface area contributed by atoms with Crippen LogP contribution in [0.3, 0.4) is 0 Å². The van der Waals surface area contributed by atoms with E-state index >= 15 is 0 Å². The number of imide groups is 1. The Hall–Kier alpha value is -3.33. The number of nitrogens with zero attached hydrogens (tertiary/aromatic N) is 2. The number of hydrogen-bond donors (Lipinski definition) is 2. The predicted molar refractivity (Wildman–Crippen MR) is 115 cm³/mol. The average molecular weight is 426 g/mol. The minimum Gasteiger partial charge on any atom is -0.492 e. The Morgan fingerprint density at radius 2 is 1.93 bits per heavy atom. The number of amides is 4. The number of aryl methyl sites for hydroxylation is 1. The van der Waals surface area contributed by atoms with Crippen molar-refractivity contribution in [1.82, 2.24) is 20.5 Å². The Morgan fingerprint density at radius 3 is 2.67 bits per heavy atom. The van der Waals surface area contributed by atoms with E-state index in [0.717, 1.165) is 33.5 Å². The van der Waals surface area contributed by atoms with Crippen LogP contribution in [0.25, 0.3) is 6.08 Å². The fourth-order valence-corrected chi connectivity index (χ4v) is 3.48. The zero-order valence-electron chi connectivity index (χ0n) is 16.5. The molecular formula is C21H22N4O4S. The van der Waals surface area contributed by atoms with Crippen LogP contribution in [0.1, 0.15) is 11.1 Å². The molecule has 0 radical (unpaired) electrons. The highest BCUT2D eigenvalue weighted by Gasteiger charge is 2.34. The highest BCUT2D eigenvalue weighted by atomic mass is 32.2. The van der Waals surface area contributed by atoms with Gasteiger partial charge in [0.2, 0.25) is 0 Å². The zero-order chi connectivity index (χ0) is 21.3. The van der Waals surface area contributed by atoms with Crippen molar-refractivity contribution < 1.29 is 19.1 Å². The molecule has 30 heavy (non-hydrogen) atoms. The molecule has 0 spiro atoms. The maximum atomic E-state index is 12.4. The molecule has 1 aliphatic rings. The van der Waals surface area contributed by atoms with Gasteiger partial charge in [-0.25, -0.2) is 4.79 Å². The quantitative estimate of drug-likeness (QED) is 0.497. The standard InChI is InChI=1S/C21H22N4O4S/c1-15-4-6-17(7-5-15)29-12-10-24-20(27)23-9-11-25-19(26)18(30-21(25)28)13-16-3-2-8-22-14-16/h2-8,13-14H,9-12H2,1H3,(H2,23,24,27)/b18-13+. The molecule has 1 aromatic heterocycles. The first kappa shape index (κ1) is 21.4. The molecule has 0 bridgehead atoms. The van der Waals surface area contributed by atoms with Gasteiger partial charge in [0.05, 0.1) is 11.4 Å². The summed E-state index contributed by atoms with van der Waals surface area (Å²) >= 11 is 0.877. The minimum absolute atomic E-state index is 0.0995. The summed E-state index contributed by atoms with van der Waals surface area (Å²) in [6.45, 7) is 2.91. The number of carbonyl (C=O) groups excluding carboxylic acids is 3. The molecule has 1 aromatic carbocycles. The van der Waals surface area contributed by atoms with E-state index in [1.54, 1.807) is 30.6 Å². The molecule has 0 saturated carbocycles. The minimum atomic E-state index is -0.389. The highest BCUT2D eigenvalue weighted by Crippen LogP contribution is 2.31. The summed E-state index contributed by atoms with van der Waals surface area (Å²) in [5.74, 6) is 0.365. The van der Waals surface area contributed by atoms with Crippen molar-refractivity contribution >= 4 is 35.0 Å². The summed E-state index contributed by atoms with van der Waals surface area (Å²) in [7, 11) is 0. The number of ether oxygens (including phenoxy) is 1. The molecule has 0 unspecified atom stereocenters. The Morgan fingerprint density at radius 1 is 1.17 bits per heavy atom. The number of urea groups is 1. The Balaban J connectivity index is 1.36. The lowest BCUT2D eigenvalue weighted by molar-refractivity contribution is -0.122. The summed E-state index contributed by atoms with van der Waals surface area (Å²) in [6.07, 6.45) is 4.88. The summed E-state index contributed by atoms with van der Waals surface area (Å²) < 4.78 is 5.53. The zero-order valence-corrected chi connectivity index (χ0v) is 17.3. The van der Waals surface area contributed by atoms with Gasteiger partial charge >= 0.3 is 6.03 Å². The number of nitrogens with one attached hydrogen (secondary N) is 2. The molecule has 2 N–H and O–H groups in total. The van der Waals surface area contributed by atoms with Gasteiger partial charge in [0, 0.05) is 25.5 Å². The van der Waals surface area contributed by atoms with Gasteiger partial charge in [0.15, 0.2) is 0 Å². The molecule has 9 heteroatoms. The number of hydrogen-bond acceptors (Lipinski definition) is 6. The van der Waals surface area contributed by atoms with Crippen LogP contribution in [0.4, 0.5) is 9.59 Å². The van der Waals surface area contributed by atoms with Gasteiger partial charge in [-0.1, -0.05) is 23.8 Å². The number of pyridine rings is 1. The van der Waals surface area contributed by atoms with Crippen molar-refractivity contribution in [1.29, 1.82) is 0 Å². The van der Waals surface area contributed by atoms with Crippen molar-refractivity contribution in [3.05, 3.63) is 64.8 Å². The largest absolute Gasteiger partial charge is 0.492 e. The molecule has 1 aliphatic heterocycles. The third kappa shape index (κ3) is 6.08. The highest BCUT2D eigenvalue weighted by molar-refractivity contribution is 8.18. The summed E-state index contributed by atoms with van der Waals surface area (Å²) in [4.78, 5) is 41.8. The molecule has 2 aromatic rings. The number of thioether (sulfide) groups is 1. The molecule has 8 nitrogen and oxygen atoms in total. The SMILES string of the molecule is Cc1ccc(OCCNC(=O)NCCN2C(=O)S/C(=C/c3cccnc3)C2=O)cc1. The van der Waals surface area contributed by atoms with E-state index in [1.807, 2.05) is 31.2 Å². The lowest BCUT2D eigenvalue weighted by Crippen LogP contribution is -2.42. The fourth-order valence-electron chi connectivity index (χ4n) is 2.62. The van der Waals surface area contributed by atoms with Crippen molar-refractivity contribution in [2.45, 2.75) is 6.92 Å². The molecular weight excluding hydrogens is 404 g/mol. The van der Waals surface area contributed by atoms with Gasteiger partial charge in [0.1, 0.15) is 12.4 Å². The average Bonchev–Trinajstić information content (AvgIpc) is 3.00. The second kappa shape index (κ2) is 10.4. The first-order valence-corrected chi connectivity index (χ1v) is 10.2. The third-order valence-electron chi connectivity index (χ3n) is 4.15. The van der Waals surface area contributed by atoms with Crippen LogP contribution in [0.2, 0.25) is 0 Å². The molecule has 4 amide bonds. The Kier molecular flexibility index (Phi) is 7.45. The van der Waals surface area contributed by atoms with E-state index in [9.17, 15) is 14.4 Å². The van der Waals surface area contributed by atoms with Crippen molar-refractivity contribution in [3.63, 3.8) is 0 Å². The molecule has 1 fully saturated rings. The van der Waals surface area contributed by atoms with Crippen LogP contribution in [0, 0.1) is 6.92 Å². The topological polar surface area (TPSA) is 101 Å². The number of carbonyl (C=O) groups is 3. The van der Waals surface area contributed by atoms with E-state index in [0.29, 0.717) is 18.1 Å². The van der Waals surface area contributed by atoms with Crippen molar-refractivity contribution in [2.75, 3.05) is 26.2 Å². The normalized spacial score (nSPS) is 14.8. The summed E-state index contributed by atoms with van der Waals surface area (Å²) in [6, 6.07) is 10.8. The second-order valence-corrected chi connectivity index (χ2v) is 7.46. The third-order valence-corrected chi connectivity index (χ3v) is 5.06. The first-order valence-electron chi connectivity index (χ1n) is 9.39. The molecule has 2 heterocycles. The van der Waals surface area contributed by atoms with Crippen LogP contribution < -0.4 is 15.4 Å². The van der Waals surface area contributed by atoms with Gasteiger partial charge < -0.3 is 15.4 Å². The first-order chi connectivity index (χ1) is 14.5. The molecule has 1 saturated heterocycles. The van der Waals surface area contributed by atoms with E-state index < -0.39 is 0 Å². The van der Waals surface area contributed by atoms with E-state index in [2.05, 4.69) is 15.6 Å².